The Labute approximate surface area is 96.8 Å². The summed E-state index contributed by atoms with van der Waals surface area (Å²) < 4.78 is 5.39. The van der Waals surface area contributed by atoms with Crippen LogP contribution in [0.15, 0.2) is 17.5 Å². The van der Waals surface area contributed by atoms with Gasteiger partial charge in [0.2, 0.25) is 0 Å². The summed E-state index contributed by atoms with van der Waals surface area (Å²) >= 11 is 0. The minimum atomic E-state index is -0.508. The molecule has 88 valence electrons. The largest absolute Gasteiger partial charge is 0.619 e. The molecule has 17 heavy (non-hydrogen) atoms. The molecule has 0 saturated heterocycles. The Morgan fingerprint density at radius 1 is 1.65 bits per heavy atom. The van der Waals surface area contributed by atoms with Gasteiger partial charge in [0.1, 0.15) is 5.56 Å². The number of aromatic nitrogens is 1. The summed E-state index contributed by atoms with van der Waals surface area (Å²) in [6, 6.07) is -0.485. The molecule has 0 N–H and O–H groups in total. The average molecular weight is 234 g/mol. The first kappa shape index (κ1) is 11.2. The van der Waals surface area contributed by atoms with Gasteiger partial charge < -0.3 is 9.94 Å². The molecular weight excluding hydrogens is 224 g/mol. The zero-order chi connectivity index (χ0) is 12.4. The summed E-state index contributed by atoms with van der Waals surface area (Å²) in [6.07, 6.45) is 3.04. The molecule has 0 amide bonds. The summed E-state index contributed by atoms with van der Waals surface area (Å²) in [5.41, 5.74) is 9.96. The number of fused-ring (bicyclic) bond motifs is 1. The van der Waals surface area contributed by atoms with E-state index in [1.165, 1.54) is 12.4 Å². The first-order valence-electron chi connectivity index (χ1n) is 5.10. The highest BCUT2D eigenvalue weighted by molar-refractivity contribution is 5.91. The third kappa shape index (κ3) is 2.00. The number of azide groups is 1. The van der Waals surface area contributed by atoms with Crippen LogP contribution in [0, 0.1) is 5.21 Å². The van der Waals surface area contributed by atoms with Crippen LogP contribution in [-0.2, 0) is 11.2 Å². The molecular formula is C10H10N4O3. The monoisotopic (exact) mass is 234 g/mol. The van der Waals surface area contributed by atoms with Crippen LogP contribution in [0.3, 0.4) is 0 Å². The number of cyclic esters (lactones) is 1. The van der Waals surface area contributed by atoms with E-state index >= 15 is 0 Å². The first-order valence-corrected chi connectivity index (χ1v) is 5.10. The van der Waals surface area contributed by atoms with Gasteiger partial charge >= 0.3 is 5.97 Å². The van der Waals surface area contributed by atoms with Crippen LogP contribution < -0.4 is 4.73 Å². The van der Waals surface area contributed by atoms with Crippen molar-refractivity contribution in [3.05, 3.63) is 44.7 Å². The lowest BCUT2D eigenvalue weighted by Gasteiger charge is -2.19. The molecule has 0 aliphatic carbocycles. The van der Waals surface area contributed by atoms with E-state index < -0.39 is 12.0 Å². The normalized spacial score (nSPS) is 15.5. The van der Waals surface area contributed by atoms with E-state index in [0.717, 1.165) is 5.56 Å². The van der Waals surface area contributed by atoms with Crippen molar-refractivity contribution in [2.24, 2.45) is 5.11 Å². The van der Waals surface area contributed by atoms with Crippen molar-refractivity contribution in [3.8, 4) is 0 Å². The topological polar surface area (TPSA) is 102 Å². The van der Waals surface area contributed by atoms with Gasteiger partial charge in [0.05, 0.1) is 12.6 Å². The summed E-state index contributed by atoms with van der Waals surface area (Å²) in [7, 11) is 0. The van der Waals surface area contributed by atoms with Crippen molar-refractivity contribution >= 4 is 5.97 Å². The smallest absolute Gasteiger partial charge is 0.344 e. The Hall–Kier alpha value is -2.27. The molecule has 0 fully saturated rings. The number of esters is 1. The molecule has 1 aliphatic rings. The molecule has 2 heterocycles. The van der Waals surface area contributed by atoms with Gasteiger partial charge in [-0.3, -0.25) is 0 Å². The number of hydrogen-bond acceptors (Lipinski definition) is 4. The lowest BCUT2D eigenvalue weighted by Crippen LogP contribution is -2.32. The molecule has 1 unspecified atom stereocenters. The second kappa shape index (κ2) is 4.31. The number of pyridine rings is 1. The van der Waals surface area contributed by atoms with Gasteiger partial charge in [-0.2, -0.15) is 4.73 Å². The minimum Gasteiger partial charge on any atom is -0.619 e. The fourth-order valence-corrected chi connectivity index (χ4v) is 1.89. The van der Waals surface area contributed by atoms with E-state index in [0.29, 0.717) is 16.7 Å². The van der Waals surface area contributed by atoms with Crippen LogP contribution in [-0.4, -0.2) is 12.6 Å². The molecule has 2 rings (SSSR count). The molecule has 0 saturated carbocycles. The molecule has 7 nitrogen and oxygen atoms in total. The highest BCUT2D eigenvalue weighted by Crippen LogP contribution is 2.26. The second-order valence-electron chi connectivity index (χ2n) is 3.73. The van der Waals surface area contributed by atoms with Crippen molar-refractivity contribution in [3.63, 3.8) is 0 Å². The Balaban J connectivity index is 2.59. The van der Waals surface area contributed by atoms with Gasteiger partial charge in [0, 0.05) is 16.9 Å². The summed E-state index contributed by atoms with van der Waals surface area (Å²) in [4.78, 5) is 14.2. The fraction of sp³-hybridized carbons (Fsp3) is 0.400. The average Bonchev–Trinajstić information content (AvgIpc) is 2.30. The van der Waals surface area contributed by atoms with Crippen molar-refractivity contribution in [2.75, 3.05) is 6.61 Å². The molecule has 0 spiro atoms. The SMILES string of the molecule is CC(N=[N+]=[N-])c1c[n+]([O-])cc2c1CCOC2=O. The van der Waals surface area contributed by atoms with Crippen LogP contribution in [0.25, 0.3) is 10.4 Å². The molecule has 0 radical (unpaired) electrons. The molecule has 0 bridgehead atoms. The molecule has 1 aromatic rings. The van der Waals surface area contributed by atoms with Gasteiger partial charge in [-0.15, -0.1) is 0 Å². The standard InChI is InChI=1S/C10H10N4O3/c1-6(12-13-11)8-4-14(16)5-9-7(8)2-3-17-10(9)15/h4-6H,2-3H2,1H3. The predicted molar refractivity (Wildman–Crippen MR) is 56.9 cm³/mol. The van der Waals surface area contributed by atoms with Crippen molar-refractivity contribution in [2.45, 2.75) is 19.4 Å². The maximum atomic E-state index is 11.5. The fourth-order valence-electron chi connectivity index (χ4n) is 1.89. The van der Waals surface area contributed by atoms with E-state index in [4.69, 9.17) is 10.3 Å². The third-order valence-electron chi connectivity index (χ3n) is 2.68. The Bertz CT molecular complexity index is 523. The van der Waals surface area contributed by atoms with Gasteiger partial charge in [-0.25, -0.2) is 4.79 Å². The highest BCUT2D eigenvalue weighted by atomic mass is 16.5. The second-order valence-corrected chi connectivity index (χ2v) is 3.73. The van der Waals surface area contributed by atoms with Crippen molar-refractivity contribution < 1.29 is 14.3 Å². The number of hydrogen-bond donors (Lipinski definition) is 0. The number of rotatable bonds is 2. The molecule has 0 aromatic carbocycles. The van der Waals surface area contributed by atoms with E-state index in [-0.39, 0.29) is 12.2 Å². The maximum absolute atomic E-state index is 11.5. The zero-order valence-electron chi connectivity index (χ0n) is 9.16. The van der Waals surface area contributed by atoms with E-state index in [2.05, 4.69) is 10.0 Å². The highest BCUT2D eigenvalue weighted by Gasteiger charge is 2.26. The van der Waals surface area contributed by atoms with E-state index in [9.17, 15) is 10.0 Å². The van der Waals surface area contributed by atoms with Crippen LogP contribution in [0.1, 0.15) is 34.5 Å². The Morgan fingerprint density at radius 3 is 3.12 bits per heavy atom. The summed E-state index contributed by atoms with van der Waals surface area (Å²) in [5, 5.41) is 14.9. The van der Waals surface area contributed by atoms with E-state index in [1.807, 2.05) is 0 Å². The first-order chi connectivity index (χ1) is 8.13. The van der Waals surface area contributed by atoms with Gasteiger partial charge in [0.15, 0.2) is 12.4 Å². The number of carbonyl (C=O) groups is 1. The minimum absolute atomic E-state index is 0.253. The zero-order valence-corrected chi connectivity index (χ0v) is 9.16. The van der Waals surface area contributed by atoms with Crippen molar-refractivity contribution in [1.82, 2.24) is 0 Å². The predicted octanol–water partition coefficient (Wildman–Crippen LogP) is 1.40. The van der Waals surface area contributed by atoms with Crippen molar-refractivity contribution in [1.29, 1.82) is 0 Å². The molecule has 7 heteroatoms. The van der Waals surface area contributed by atoms with Gasteiger partial charge in [-0.05, 0) is 11.1 Å². The number of nitrogens with zero attached hydrogens (tertiary/aromatic N) is 4. The lowest BCUT2D eigenvalue weighted by molar-refractivity contribution is -0.606. The summed E-state index contributed by atoms with van der Waals surface area (Å²) in [6.45, 7) is 1.96. The molecule has 1 aromatic heterocycles. The molecule has 1 aliphatic heterocycles. The summed E-state index contributed by atoms with van der Waals surface area (Å²) in [5.74, 6) is -0.508. The van der Waals surface area contributed by atoms with E-state index in [1.54, 1.807) is 6.92 Å². The van der Waals surface area contributed by atoms with Crippen LogP contribution in [0.4, 0.5) is 0 Å². The third-order valence-corrected chi connectivity index (χ3v) is 2.68. The quantitative estimate of drug-likeness (QED) is 0.193. The number of carbonyl (C=O) groups excluding carboxylic acids is 1. The Kier molecular flexibility index (Phi) is 2.84. The number of ether oxygens (including phenoxy) is 1. The Morgan fingerprint density at radius 2 is 2.41 bits per heavy atom. The lowest BCUT2D eigenvalue weighted by atomic mass is 9.96. The van der Waals surface area contributed by atoms with Gasteiger partial charge in [0.25, 0.3) is 0 Å². The maximum Gasteiger partial charge on any atom is 0.344 e. The van der Waals surface area contributed by atoms with Gasteiger partial charge in [-0.1, -0.05) is 12.0 Å². The van der Waals surface area contributed by atoms with Crippen LogP contribution in [0.5, 0.6) is 0 Å². The van der Waals surface area contributed by atoms with Crippen LogP contribution >= 0.6 is 0 Å². The molecule has 1 atom stereocenters. The van der Waals surface area contributed by atoms with Crippen LogP contribution in [0.2, 0.25) is 0 Å².